The molecule has 1 aliphatic heterocycles. The summed E-state index contributed by atoms with van der Waals surface area (Å²) < 4.78 is 11.8. The minimum Gasteiger partial charge on any atom is -0.471 e. The maximum absolute atomic E-state index is 9.88. The molecule has 0 radical (unpaired) electrons. The predicted molar refractivity (Wildman–Crippen MR) is 125 cm³/mol. The van der Waals surface area contributed by atoms with Crippen molar-refractivity contribution in [3.8, 4) is 23.1 Å². The van der Waals surface area contributed by atoms with Crippen molar-refractivity contribution in [1.82, 2.24) is 9.88 Å². The van der Waals surface area contributed by atoms with E-state index in [4.69, 9.17) is 9.47 Å². The zero-order valence-corrected chi connectivity index (χ0v) is 19.4. The van der Waals surface area contributed by atoms with Crippen LogP contribution in [0.1, 0.15) is 39.7 Å². The molecule has 0 unspecified atom stereocenters. The fourth-order valence-corrected chi connectivity index (χ4v) is 3.64. The summed E-state index contributed by atoms with van der Waals surface area (Å²) in [4.78, 5) is 9.11. The molecule has 3 rings (SSSR count). The third kappa shape index (κ3) is 6.19. The molecule has 6 heteroatoms. The Morgan fingerprint density at radius 3 is 2.39 bits per heavy atom. The second-order valence-corrected chi connectivity index (χ2v) is 9.02. The van der Waals surface area contributed by atoms with Gasteiger partial charge in [0.15, 0.2) is 0 Å². The molecule has 1 aliphatic rings. The van der Waals surface area contributed by atoms with E-state index in [1.807, 2.05) is 33.8 Å². The number of nitrogens with zero attached hydrogens (tertiary/aromatic N) is 4. The van der Waals surface area contributed by atoms with Gasteiger partial charge in [-0.2, -0.15) is 5.26 Å². The molecule has 0 amide bonds. The number of hydrogen-bond acceptors (Lipinski definition) is 6. The lowest BCUT2D eigenvalue weighted by Gasteiger charge is -2.34. The van der Waals surface area contributed by atoms with Crippen molar-refractivity contribution in [2.45, 2.75) is 45.8 Å². The van der Waals surface area contributed by atoms with Crippen LogP contribution < -0.4 is 9.64 Å². The number of likely N-dealkylation sites (N-methyl/N-ethyl adjacent to an activating group) is 1. The van der Waals surface area contributed by atoms with Gasteiger partial charge in [0.1, 0.15) is 17.2 Å². The number of aromatic nitrogens is 1. The number of rotatable bonds is 8. The van der Waals surface area contributed by atoms with Gasteiger partial charge in [-0.15, -0.1) is 0 Å². The van der Waals surface area contributed by atoms with Gasteiger partial charge in [0.25, 0.3) is 0 Å². The minimum absolute atomic E-state index is 0.181. The second-order valence-electron chi connectivity index (χ2n) is 9.02. The van der Waals surface area contributed by atoms with E-state index in [0.717, 1.165) is 37.3 Å². The molecule has 1 saturated heterocycles. The number of anilines is 1. The molecular formula is C25H34N4O2. The van der Waals surface area contributed by atoms with E-state index < -0.39 is 5.60 Å². The summed E-state index contributed by atoms with van der Waals surface area (Å²) in [7, 11) is 2.16. The van der Waals surface area contributed by atoms with Crippen molar-refractivity contribution in [2.75, 3.05) is 44.7 Å². The maximum atomic E-state index is 9.88. The first-order valence-electron chi connectivity index (χ1n) is 11.0. The molecule has 0 saturated carbocycles. The molecule has 0 bridgehead atoms. The zero-order chi connectivity index (χ0) is 22.4. The molecule has 6 nitrogen and oxygen atoms in total. The highest BCUT2D eigenvalue weighted by Gasteiger charge is 2.24. The van der Waals surface area contributed by atoms with Crippen LogP contribution in [0.2, 0.25) is 0 Å². The maximum Gasteiger partial charge on any atom is 0.232 e. The molecule has 166 valence electrons. The van der Waals surface area contributed by atoms with Crippen LogP contribution in [0.3, 0.4) is 0 Å². The Morgan fingerprint density at radius 2 is 1.77 bits per heavy atom. The van der Waals surface area contributed by atoms with Crippen molar-refractivity contribution in [3.63, 3.8) is 0 Å². The first-order chi connectivity index (χ1) is 14.8. The third-order valence-corrected chi connectivity index (χ3v) is 5.60. The van der Waals surface area contributed by atoms with E-state index in [9.17, 15) is 5.26 Å². The highest BCUT2D eigenvalue weighted by Crippen LogP contribution is 2.32. The van der Waals surface area contributed by atoms with Gasteiger partial charge in [-0.1, -0.05) is 12.1 Å². The van der Waals surface area contributed by atoms with Gasteiger partial charge in [0.2, 0.25) is 5.88 Å². The minimum atomic E-state index is -0.489. The van der Waals surface area contributed by atoms with Crippen LogP contribution in [-0.2, 0) is 4.74 Å². The highest BCUT2D eigenvalue weighted by atomic mass is 16.5. The van der Waals surface area contributed by atoms with Crippen molar-refractivity contribution in [1.29, 1.82) is 5.26 Å². The monoisotopic (exact) mass is 422 g/mol. The van der Waals surface area contributed by atoms with Gasteiger partial charge in [-0.3, -0.25) is 0 Å². The molecule has 0 aliphatic carbocycles. The van der Waals surface area contributed by atoms with Gasteiger partial charge in [-0.05, 0) is 58.5 Å². The average Bonchev–Trinajstić information content (AvgIpc) is 2.73. The fourth-order valence-electron chi connectivity index (χ4n) is 3.64. The van der Waals surface area contributed by atoms with Crippen LogP contribution in [0.15, 0.2) is 36.5 Å². The smallest absolute Gasteiger partial charge is 0.232 e. The van der Waals surface area contributed by atoms with Gasteiger partial charge < -0.3 is 19.3 Å². The standard InChI is InChI=1S/C25H34N4O2/c1-19(2)30-17-11-25(3,4)31-24-23(18-26)22(10-12-27-24)20-6-8-21(9-7-20)29-15-13-28(5)14-16-29/h6-10,12,19H,11,13-17H2,1-5H3. The Balaban J connectivity index is 1.77. The second kappa shape index (κ2) is 10.1. The Hall–Kier alpha value is -2.62. The van der Waals surface area contributed by atoms with Crippen LogP contribution in [0.5, 0.6) is 5.88 Å². The lowest BCUT2D eigenvalue weighted by molar-refractivity contribution is 0.0210. The number of benzene rings is 1. The van der Waals surface area contributed by atoms with E-state index in [-0.39, 0.29) is 6.10 Å². The molecule has 0 spiro atoms. The number of piperazine rings is 1. The highest BCUT2D eigenvalue weighted by molar-refractivity contribution is 5.73. The molecule has 1 fully saturated rings. The van der Waals surface area contributed by atoms with Crippen LogP contribution in [0, 0.1) is 11.3 Å². The molecule has 0 atom stereocenters. The summed E-state index contributed by atoms with van der Waals surface area (Å²) in [6.45, 7) is 12.8. The Morgan fingerprint density at radius 1 is 1.10 bits per heavy atom. The third-order valence-electron chi connectivity index (χ3n) is 5.60. The molecule has 0 N–H and O–H groups in total. The average molecular weight is 423 g/mol. The van der Waals surface area contributed by atoms with Gasteiger partial charge in [0.05, 0.1) is 12.7 Å². The van der Waals surface area contributed by atoms with E-state index in [2.05, 4.69) is 52.2 Å². The van der Waals surface area contributed by atoms with Crippen LogP contribution >= 0.6 is 0 Å². The first-order valence-corrected chi connectivity index (χ1v) is 11.0. The summed E-state index contributed by atoms with van der Waals surface area (Å²) in [5, 5.41) is 9.88. The summed E-state index contributed by atoms with van der Waals surface area (Å²) in [5.41, 5.74) is 3.02. The zero-order valence-electron chi connectivity index (χ0n) is 19.4. The van der Waals surface area contributed by atoms with Crippen molar-refractivity contribution in [3.05, 3.63) is 42.1 Å². The Labute approximate surface area is 186 Å². The number of pyridine rings is 1. The van der Waals surface area contributed by atoms with Crippen LogP contribution in [0.4, 0.5) is 5.69 Å². The molecule has 1 aromatic heterocycles. The summed E-state index contributed by atoms with van der Waals surface area (Å²) >= 11 is 0. The van der Waals surface area contributed by atoms with Crippen molar-refractivity contribution >= 4 is 5.69 Å². The molecule has 31 heavy (non-hydrogen) atoms. The fraction of sp³-hybridized carbons (Fsp3) is 0.520. The normalized spacial score (nSPS) is 15.2. The molecular weight excluding hydrogens is 388 g/mol. The van der Waals surface area contributed by atoms with E-state index in [0.29, 0.717) is 24.5 Å². The Kier molecular flexibility index (Phi) is 7.53. The topological polar surface area (TPSA) is 61.6 Å². The van der Waals surface area contributed by atoms with Crippen molar-refractivity contribution < 1.29 is 9.47 Å². The van der Waals surface area contributed by atoms with E-state index in [1.54, 1.807) is 6.20 Å². The number of ether oxygens (including phenoxy) is 2. The predicted octanol–water partition coefficient (Wildman–Crippen LogP) is 4.34. The molecule has 2 heterocycles. The summed E-state index contributed by atoms with van der Waals surface area (Å²) in [5.74, 6) is 0.373. The lowest BCUT2D eigenvalue weighted by atomic mass is 10.0. The molecule has 2 aromatic rings. The van der Waals surface area contributed by atoms with Crippen LogP contribution in [-0.4, -0.2) is 61.4 Å². The summed E-state index contributed by atoms with van der Waals surface area (Å²) in [6, 6.07) is 12.6. The van der Waals surface area contributed by atoms with E-state index >= 15 is 0 Å². The van der Waals surface area contributed by atoms with Gasteiger partial charge in [0, 0.05) is 50.0 Å². The van der Waals surface area contributed by atoms with Gasteiger partial charge >= 0.3 is 0 Å². The first kappa shape index (κ1) is 23.1. The van der Waals surface area contributed by atoms with Crippen molar-refractivity contribution in [2.24, 2.45) is 0 Å². The van der Waals surface area contributed by atoms with Gasteiger partial charge in [-0.25, -0.2) is 4.98 Å². The van der Waals surface area contributed by atoms with E-state index in [1.165, 1.54) is 5.69 Å². The van der Waals surface area contributed by atoms with Crippen LogP contribution in [0.25, 0.3) is 11.1 Å². The lowest BCUT2D eigenvalue weighted by Crippen LogP contribution is -2.44. The SMILES string of the molecule is CC(C)OCCC(C)(C)Oc1nccc(-c2ccc(N3CCN(C)CC3)cc2)c1C#N. The number of nitriles is 1. The number of hydrogen-bond donors (Lipinski definition) is 0. The quantitative estimate of drug-likeness (QED) is 0.630. The largest absolute Gasteiger partial charge is 0.471 e. The Bertz CT molecular complexity index is 895. The summed E-state index contributed by atoms with van der Waals surface area (Å²) in [6.07, 6.45) is 2.60. The molecule has 1 aromatic carbocycles.